The van der Waals surface area contributed by atoms with Crippen molar-refractivity contribution in [3.63, 3.8) is 0 Å². The Bertz CT molecular complexity index is 186. The average Bonchev–Trinajstić information content (AvgIpc) is 2.07. The Balaban J connectivity index is 2.28. The zero-order valence-electron chi connectivity index (χ0n) is 6.71. The van der Waals surface area contributed by atoms with Crippen molar-refractivity contribution >= 4 is 11.8 Å². The van der Waals surface area contributed by atoms with Gasteiger partial charge >= 0.3 is 0 Å². The van der Waals surface area contributed by atoms with Gasteiger partial charge in [-0.05, 0) is 19.2 Å². The fraction of sp³-hybridized carbons (Fsp3) is 0.333. The fourth-order valence-corrected chi connectivity index (χ4v) is 1.68. The summed E-state index contributed by atoms with van der Waals surface area (Å²) in [6.45, 7) is 1.07. The molecule has 0 saturated carbocycles. The second-order valence-electron chi connectivity index (χ2n) is 2.27. The van der Waals surface area contributed by atoms with E-state index in [0.717, 1.165) is 12.3 Å². The molecule has 0 aliphatic heterocycles. The maximum absolute atomic E-state index is 3.12. The van der Waals surface area contributed by atoms with Crippen LogP contribution in [0.15, 0.2) is 35.2 Å². The second-order valence-corrected chi connectivity index (χ2v) is 3.43. The average molecular weight is 167 g/mol. The molecule has 1 nitrogen and oxygen atoms in total. The smallest absolute Gasteiger partial charge is 0.0105 e. The van der Waals surface area contributed by atoms with Crippen LogP contribution in [0.3, 0.4) is 0 Å². The molecule has 0 atom stereocenters. The Morgan fingerprint density at radius 1 is 1.27 bits per heavy atom. The number of hydrogen-bond donors (Lipinski definition) is 1. The third kappa shape index (κ3) is 3.44. The quantitative estimate of drug-likeness (QED) is 0.544. The van der Waals surface area contributed by atoms with E-state index in [1.165, 1.54) is 4.90 Å². The molecule has 0 saturated heterocycles. The molecular weight excluding hydrogens is 154 g/mol. The first-order valence-corrected chi connectivity index (χ1v) is 4.74. The maximum atomic E-state index is 3.12. The molecule has 0 fully saturated rings. The van der Waals surface area contributed by atoms with Gasteiger partial charge in [-0.15, -0.1) is 11.8 Å². The van der Waals surface area contributed by atoms with Gasteiger partial charge < -0.3 is 5.32 Å². The van der Waals surface area contributed by atoms with Crippen LogP contribution >= 0.6 is 11.8 Å². The first-order chi connectivity index (χ1) is 5.43. The molecule has 0 aromatic heterocycles. The lowest BCUT2D eigenvalue weighted by Crippen LogP contribution is -2.09. The SMILES string of the molecule is CNCCSc1ccccc1. The normalized spacial score (nSPS) is 9.91. The Kier molecular flexibility index (Phi) is 4.09. The van der Waals surface area contributed by atoms with Gasteiger partial charge in [0.15, 0.2) is 0 Å². The zero-order chi connectivity index (χ0) is 7.94. The van der Waals surface area contributed by atoms with Crippen molar-refractivity contribution in [1.82, 2.24) is 5.32 Å². The largest absolute Gasteiger partial charge is 0.319 e. The lowest BCUT2D eigenvalue weighted by atomic mass is 10.4. The van der Waals surface area contributed by atoms with Gasteiger partial charge in [-0.3, -0.25) is 0 Å². The predicted octanol–water partition coefficient (Wildman–Crippen LogP) is 2.00. The Morgan fingerprint density at radius 2 is 2.00 bits per heavy atom. The fourth-order valence-electron chi connectivity index (χ4n) is 0.788. The molecule has 0 amide bonds. The first kappa shape index (κ1) is 8.62. The molecule has 0 unspecified atom stereocenters. The summed E-state index contributed by atoms with van der Waals surface area (Å²) in [7, 11) is 1.98. The van der Waals surface area contributed by atoms with Crippen LogP contribution < -0.4 is 5.32 Å². The summed E-state index contributed by atoms with van der Waals surface area (Å²) in [5.74, 6) is 1.14. The van der Waals surface area contributed by atoms with Crippen molar-refractivity contribution in [2.24, 2.45) is 0 Å². The van der Waals surface area contributed by atoms with E-state index >= 15 is 0 Å². The van der Waals surface area contributed by atoms with Crippen LogP contribution in [0.1, 0.15) is 0 Å². The molecule has 60 valence electrons. The standard InChI is InChI=1S/C9H13NS/c1-10-7-8-11-9-5-3-2-4-6-9/h2-6,10H,7-8H2,1H3. The van der Waals surface area contributed by atoms with Crippen molar-refractivity contribution in [3.8, 4) is 0 Å². The van der Waals surface area contributed by atoms with E-state index in [1.54, 1.807) is 0 Å². The molecular formula is C9H13NS. The molecule has 0 aliphatic rings. The van der Waals surface area contributed by atoms with Gasteiger partial charge in [0.25, 0.3) is 0 Å². The van der Waals surface area contributed by atoms with Crippen LogP contribution in [0, 0.1) is 0 Å². The summed E-state index contributed by atoms with van der Waals surface area (Å²) >= 11 is 1.88. The predicted molar refractivity (Wildman–Crippen MR) is 51.1 cm³/mol. The Morgan fingerprint density at radius 3 is 2.64 bits per heavy atom. The highest BCUT2D eigenvalue weighted by Crippen LogP contribution is 2.15. The van der Waals surface area contributed by atoms with Crippen molar-refractivity contribution < 1.29 is 0 Å². The molecule has 0 radical (unpaired) electrons. The minimum absolute atomic E-state index is 1.07. The molecule has 1 aromatic rings. The number of hydrogen-bond acceptors (Lipinski definition) is 2. The van der Waals surface area contributed by atoms with Gasteiger partial charge in [0.1, 0.15) is 0 Å². The number of rotatable bonds is 4. The molecule has 1 aromatic carbocycles. The molecule has 1 N–H and O–H groups in total. The van der Waals surface area contributed by atoms with E-state index in [0.29, 0.717) is 0 Å². The second kappa shape index (κ2) is 5.22. The van der Waals surface area contributed by atoms with Gasteiger partial charge in [0.05, 0.1) is 0 Å². The van der Waals surface area contributed by atoms with Gasteiger partial charge in [0.2, 0.25) is 0 Å². The Hall–Kier alpha value is -0.470. The number of thioether (sulfide) groups is 1. The van der Waals surface area contributed by atoms with Crippen LogP contribution in [0.2, 0.25) is 0 Å². The molecule has 2 heteroatoms. The van der Waals surface area contributed by atoms with E-state index in [4.69, 9.17) is 0 Å². The summed E-state index contributed by atoms with van der Waals surface area (Å²) in [6, 6.07) is 10.5. The third-order valence-corrected chi connectivity index (χ3v) is 2.38. The van der Waals surface area contributed by atoms with Crippen LogP contribution in [0.5, 0.6) is 0 Å². The maximum Gasteiger partial charge on any atom is 0.0105 e. The topological polar surface area (TPSA) is 12.0 Å². The molecule has 0 spiro atoms. The lowest BCUT2D eigenvalue weighted by molar-refractivity contribution is 0.872. The van der Waals surface area contributed by atoms with Crippen molar-refractivity contribution in [2.45, 2.75) is 4.90 Å². The van der Waals surface area contributed by atoms with E-state index in [2.05, 4.69) is 29.6 Å². The number of benzene rings is 1. The minimum atomic E-state index is 1.07. The van der Waals surface area contributed by atoms with Crippen molar-refractivity contribution in [2.75, 3.05) is 19.3 Å². The Labute approximate surface area is 72.2 Å². The van der Waals surface area contributed by atoms with Crippen LogP contribution in [0.25, 0.3) is 0 Å². The van der Waals surface area contributed by atoms with Crippen LogP contribution in [0.4, 0.5) is 0 Å². The summed E-state index contributed by atoms with van der Waals surface area (Å²) < 4.78 is 0. The van der Waals surface area contributed by atoms with Crippen molar-refractivity contribution in [3.05, 3.63) is 30.3 Å². The number of nitrogens with one attached hydrogen (secondary N) is 1. The molecule has 0 bridgehead atoms. The summed E-state index contributed by atoms with van der Waals surface area (Å²) in [5, 5.41) is 3.12. The molecule has 11 heavy (non-hydrogen) atoms. The first-order valence-electron chi connectivity index (χ1n) is 3.76. The van der Waals surface area contributed by atoms with Crippen LogP contribution in [-0.2, 0) is 0 Å². The third-order valence-electron chi connectivity index (χ3n) is 1.36. The minimum Gasteiger partial charge on any atom is -0.319 e. The van der Waals surface area contributed by atoms with E-state index in [9.17, 15) is 0 Å². The van der Waals surface area contributed by atoms with E-state index < -0.39 is 0 Å². The summed E-state index contributed by atoms with van der Waals surface area (Å²) in [4.78, 5) is 1.35. The summed E-state index contributed by atoms with van der Waals surface area (Å²) in [5.41, 5.74) is 0. The lowest BCUT2D eigenvalue weighted by Gasteiger charge is -1.99. The zero-order valence-corrected chi connectivity index (χ0v) is 7.53. The highest BCUT2D eigenvalue weighted by atomic mass is 32.2. The molecule has 1 rings (SSSR count). The molecule has 0 aliphatic carbocycles. The summed E-state index contributed by atoms with van der Waals surface area (Å²) in [6.07, 6.45) is 0. The highest BCUT2D eigenvalue weighted by molar-refractivity contribution is 7.99. The van der Waals surface area contributed by atoms with Crippen molar-refractivity contribution in [1.29, 1.82) is 0 Å². The van der Waals surface area contributed by atoms with Crippen LogP contribution in [-0.4, -0.2) is 19.3 Å². The van der Waals surface area contributed by atoms with Gasteiger partial charge in [-0.25, -0.2) is 0 Å². The van der Waals surface area contributed by atoms with Gasteiger partial charge in [-0.2, -0.15) is 0 Å². The van der Waals surface area contributed by atoms with E-state index in [-0.39, 0.29) is 0 Å². The molecule has 0 heterocycles. The monoisotopic (exact) mass is 167 g/mol. The van der Waals surface area contributed by atoms with Gasteiger partial charge in [0, 0.05) is 17.2 Å². The van der Waals surface area contributed by atoms with Gasteiger partial charge in [-0.1, -0.05) is 18.2 Å². The highest BCUT2D eigenvalue weighted by Gasteiger charge is 1.89. The van der Waals surface area contributed by atoms with E-state index in [1.807, 2.05) is 24.9 Å².